The van der Waals surface area contributed by atoms with Crippen LogP contribution in [0.3, 0.4) is 0 Å². The molecule has 4 rings (SSSR count). The number of hydrogen-bond donors (Lipinski definition) is 1. The predicted octanol–water partition coefficient (Wildman–Crippen LogP) is 3.89. The smallest absolute Gasteiger partial charge is 0.120 e. The number of rotatable bonds is 4. The van der Waals surface area contributed by atoms with E-state index >= 15 is 0 Å². The van der Waals surface area contributed by atoms with Crippen molar-refractivity contribution in [2.24, 2.45) is 5.73 Å². The summed E-state index contributed by atoms with van der Waals surface area (Å²) in [7, 11) is 0. The summed E-state index contributed by atoms with van der Waals surface area (Å²) in [6.07, 6.45) is 1.08. The van der Waals surface area contributed by atoms with Crippen molar-refractivity contribution in [3.05, 3.63) is 76.9 Å². The number of fused-ring (bicyclic) bond motifs is 2. The average Bonchev–Trinajstić information content (AvgIpc) is 2.61. The van der Waals surface area contributed by atoms with Crippen molar-refractivity contribution in [2.45, 2.75) is 18.9 Å². The molecule has 0 radical (unpaired) electrons. The highest BCUT2D eigenvalue weighted by atomic mass is 16.5. The van der Waals surface area contributed by atoms with Gasteiger partial charge in [-0.25, -0.2) is 0 Å². The van der Waals surface area contributed by atoms with E-state index < -0.39 is 0 Å². The van der Waals surface area contributed by atoms with Crippen molar-refractivity contribution in [3.63, 3.8) is 0 Å². The van der Waals surface area contributed by atoms with Crippen LogP contribution in [-0.4, -0.2) is 6.54 Å². The van der Waals surface area contributed by atoms with Crippen LogP contribution in [0, 0.1) is 11.3 Å². The summed E-state index contributed by atoms with van der Waals surface area (Å²) in [5.41, 5.74) is 10.3. The largest absolute Gasteiger partial charge is 0.489 e. The first-order valence-corrected chi connectivity index (χ1v) is 8.15. The normalized spacial score (nSPS) is 15.4. The molecule has 3 nitrogen and oxygen atoms in total. The van der Waals surface area contributed by atoms with Crippen LogP contribution in [0.4, 0.5) is 0 Å². The molecule has 1 unspecified atom stereocenters. The molecule has 1 atom stereocenters. The summed E-state index contributed by atoms with van der Waals surface area (Å²) in [6.45, 7) is 1.23. The van der Waals surface area contributed by atoms with Crippen LogP contribution >= 0.6 is 0 Å². The van der Waals surface area contributed by atoms with E-state index in [4.69, 9.17) is 15.7 Å². The maximum absolute atomic E-state index is 8.97. The summed E-state index contributed by atoms with van der Waals surface area (Å²) in [5, 5.41) is 11.2. The highest BCUT2D eigenvalue weighted by Gasteiger charge is 2.24. The molecule has 3 aromatic carbocycles. The van der Waals surface area contributed by atoms with E-state index in [-0.39, 0.29) is 0 Å². The molecular weight excluding hydrogens is 296 g/mol. The molecule has 0 saturated carbocycles. The minimum absolute atomic E-state index is 0.485. The summed E-state index contributed by atoms with van der Waals surface area (Å²) < 4.78 is 5.96. The average molecular weight is 314 g/mol. The van der Waals surface area contributed by atoms with Gasteiger partial charge in [0.15, 0.2) is 0 Å². The molecule has 0 amide bonds. The second kappa shape index (κ2) is 5.99. The first kappa shape index (κ1) is 14.7. The zero-order chi connectivity index (χ0) is 16.5. The quantitative estimate of drug-likeness (QED) is 0.795. The number of benzene rings is 3. The van der Waals surface area contributed by atoms with Gasteiger partial charge in [0.1, 0.15) is 12.4 Å². The Kier molecular flexibility index (Phi) is 3.68. The Morgan fingerprint density at radius 1 is 1.04 bits per heavy atom. The minimum atomic E-state index is 0.485. The van der Waals surface area contributed by atoms with Gasteiger partial charge < -0.3 is 10.5 Å². The third kappa shape index (κ3) is 2.62. The van der Waals surface area contributed by atoms with Gasteiger partial charge in [-0.05, 0) is 70.8 Å². The number of hydrogen-bond acceptors (Lipinski definition) is 3. The van der Waals surface area contributed by atoms with Crippen molar-refractivity contribution < 1.29 is 4.74 Å². The first-order valence-electron chi connectivity index (χ1n) is 8.15. The molecule has 3 aromatic rings. The molecule has 0 spiro atoms. The number of nitrogens with two attached hydrogens (primary N) is 1. The lowest BCUT2D eigenvalue weighted by molar-refractivity contribution is 0.305. The number of nitrogens with zero attached hydrogens (tertiary/aromatic N) is 1. The van der Waals surface area contributed by atoms with E-state index in [1.54, 1.807) is 0 Å². The van der Waals surface area contributed by atoms with Gasteiger partial charge in [0.25, 0.3) is 0 Å². The maximum atomic E-state index is 8.97. The van der Waals surface area contributed by atoms with Crippen LogP contribution in [0.5, 0.6) is 5.75 Å². The molecule has 0 saturated heterocycles. The Balaban J connectivity index is 1.51. The van der Waals surface area contributed by atoms with Crippen LogP contribution in [0.25, 0.3) is 10.8 Å². The molecule has 0 heterocycles. The lowest BCUT2D eigenvalue weighted by atomic mass is 9.77. The lowest BCUT2D eigenvalue weighted by Crippen LogP contribution is -2.24. The monoisotopic (exact) mass is 314 g/mol. The fourth-order valence-electron chi connectivity index (χ4n) is 3.30. The molecule has 1 aliphatic carbocycles. The second-order valence-electron chi connectivity index (χ2n) is 6.29. The van der Waals surface area contributed by atoms with Crippen molar-refractivity contribution >= 4 is 10.8 Å². The Morgan fingerprint density at radius 2 is 1.88 bits per heavy atom. The van der Waals surface area contributed by atoms with E-state index in [0.29, 0.717) is 24.6 Å². The van der Waals surface area contributed by atoms with Gasteiger partial charge in [-0.2, -0.15) is 5.26 Å². The molecule has 0 aliphatic heterocycles. The maximum Gasteiger partial charge on any atom is 0.120 e. The molecule has 118 valence electrons. The SMILES string of the molecule is N#Cc1ccc2cc(COc3ccc4c(c3)C(CN)C4)ccc2c1. The first-order chi connectivity index (χ1) is 11.8. The van der Waals surface area contributed by atoms with E-state index in [1.165, 1.54) is 11.1 Å². The van der Waals surface area contributed by atoms with Crippen LogP contribution in [-0.2, 0) is 13.0 Å². The van der Waals surface area contributed by atoms with Gasteiger partial charge in [-0.3, -0.25) is 0 Å². The van der Waals surface area contributed by atoms with Gasteiger partial charge in [0, 0.05) is 5.92 Å². The second-order valence-corrected chi connectivity index (χ2v) is 6.29. The van der Waals surface area contributed by atoms with Crippen LogP contribution in [0.2, 0.25) is 0 Å². The van der Waals surface area contributed by atoms with E-state index in [1.807, 2.05) is 36.4 Å². The fraction of sp³-hybridized carbons (Fsp3) is 0.190. The summed E-state index contributed by atoms with van der Waals surface area (Å²) in [6, 6.07) is 20.4. The molecule has 1 aliphatic rings. The molecule has 0 fully saturated rings. The van der Waals surface area contributed by atoms with E-state index in [0.717, 1.165) is 28.5 Å². The Hall–Kier alpha value is -2.83. The summed E-state index contributed by atoms with van der Waals surface area (Å²) in [5.74, 6) is 1.38. The summed E-state index contributed by atoms with van der Waals surface area (Å²) >= 11 is 0. The zero-order valence-corrected chi connectivity index (χ0v) is 13.3. The zero-order valence-electron chi connectivity index (χ0n) is 13.3. The third-order valence-electron chi connectivity index (χ3n) is 4.75. The number of ether oxygens (including phenoxy) is 1. The molecule has 0 aromatic heterocycles. The van der Waals surface area contributed by atoms with E-state index in [9.17, 15) is 0 Å². The Morgan fingerprint density at radius 3 is 2.71 bits per heavy atom. The lowest BCUT2D eigenvalue weighted by Gasteiger charge is -2.29. The molecule has 3 heteroatoms. The highest BCUT2D eigenvalue weighted by Crippen LogP contribution is 2.36. The highest BCUT2D eigenvalue weighted by molar-refractivity contribution is 5.84. The van der Waals surface area contributed by atoms with Gasteiger partial charge in [-0.15, -0.1) is 0 Å². The fourth-order valence-corrected chi connectivity index (χ4v) is 3.30. The standard InChI is InChI=1S/C21H18N2O/c22-11-14-1-3-17-8-15(2-4-16(17)7-14)13-24-20-6-5-18-9-19(12-23)21(18)10-20/h1-8,10,19H,9,12-13,23H2. The predicted molar refractivity (Wildman–Crippen MR) is 94.9 cm³/mol. The van der Waals surface area contributed by atoms with Crippen LogP contribution < -0.4 is 10.5 Å². The van der Waals surface area contributed by atoms with Crippen LogP contribution in [0.1, 0.15) is 28.2 Å². The molecular formula is C21H18N2O. The molecule has 24 heavy (non-hydrogen) atoms. The van der Waals surface area contributed by atoms with Gasteiger partial charge >= 0.3 is 0 Å². The van der Waals surface area contributed by atoms with Crippen molar-refractivity contribution in [3.8, 4) is 11.8 Å². The molecule has 0 bridgehead atoms. The van der Waals surface area contributed by atoms with Crippen molar-refractivity contribution in [1.82, 2.24) is 0 Å². The third-order valence-corrected chi connectivity index (χ3v) is 4.75. The Bertz CT molecular complexity index is 956. The van der Waals surface area contributed by atoms with Gasteiger partial charge in [0.2, 0.25) is 0 Å². The summed E-state index contributed by atoms with van der Waals surface area (Å²) in [4.78, 5) is 0. The van der Waals surface area contributed by atoms with Crippen molar-refractivity contribution in [1.29, 1.82) is 5.26 Å². The minimum Gasteiger partial charge on any atom is -0.489 e. The van der Waals surface area contributed by atoms with E-state index in [2.05, 4.69) is 24.3 Å². The topological polar surface area (TPSA) is 59.0 Å². The molecule has 2 N–H and O–H groups in total. The van der Waals surface area contributed by atoms with Crippen molar-refractivity contribution in [2.75, 3.05) is 6.54 Å². The van der Waals surface area contributed by atoms with Gasteiger partial charge in [-0.1, -0.05) is 24.3 Å². The van der Waals surface area contributed by atoms with Crippen LogP contribution in [0.15, 0.2) is 54.6 Å². The Labute approximate surface area is 141 Å². The number of nitriles is 1. The van der Waals surface area contributed by atoms with Gasteiger partial charge in [0.05, 0.1) is 11.6 Å².